The van der Waals surface area contributed by atoms with Gasteiger partial charge in [-0.2, -0.15) is 0 Å². The molecule has 4 unspecified atom stereocenters. The molecule has 0 spiro atoms. The first-order valence-corrected chi connectivity index (χ1v) is 12.5. The molecule has 33 heavy (non-hydrogen) atoms. The zero-order chi connectivity index (χ0) is 23.8. The Labute approximate surface area is 203 Å². The first-order chi connectivity index (χ1) is 15.7. The van der Waals surface area contributed by atoms with Gasteiger partial charge in [0, 0.05) is 29.7 Å². The van der Waals surface area contributed by atoms with Crippen LogP contribution in [0.1, 0.15) is 58.9 Å². The molecule has 0 radical (unpaired) electrons. The molecule has 1 saturated heterocycles. The molecule has 0 bridgehead atoms. The fourth-order valence-corrected chi connectivity index (χ4v) is 5.73. The maximum atomic E-state index is 6.87. The smallest absolute Gasteiger partial charge is 0.135 e. The number of methoxy groups -OCH3 is 1. The van der Waals surface area contributed by atoms with Crippen LogP contribution in [0.5, 0.6) is 5.75 Å². The second kappa shape index (κ2) is 9.44. The van der Waals surface area contributed by atoms with Crippen molar-refractivity contribution in [2.24, 2.45) is 28.5 Å². The summed E-state index contributed by atoms with van der Waals surface area (Å²) >= 11 is 6.87. The van der Waals surface area contributed by atoms with Crippen molar-refractivity contribution in [2.45, 2.75) is 71.2 Å². The second-order valence-corrected chi connectivity index (χ2v) is 10.8. The van der Waals surface area contributed by atoms with E-state index >= 15 is 0 Å². The third-order valence-electron chi connectivity index (χ3n) is 7.34. The highest BCUT2D eigenvalue weighted by Crippen LogP contribution is 2.57. The number of halogens is 1. The highest BCUT2D eigenvalue weighted by Gasteiger charge is 2.64. The van der Waals surface area contributed by atoms with Crippen molar-refractivity contribution in [3.8, 4) is 5.75 Å². The van der Waals surface area contributed by atoms with Crippen LogP contribution in [-0.4, -0.2) is 30.2 Å². The van der Waals surface area contributed by atoms with Gasteiger partial charge in [-0.1, -0.05) is 50.1 Å². The van der Waals surface area contributed by atoms with Crippen molar-refractivity contribution >= 4 is 16.8 Å². The Balaban J connectivity index is 1.65. The number of hydrogen-bond acceptors (Lipinski definition) is 5. The predicted molar refractivity (Wildman–Crippen MR) is 135 cm³/mol. The van der Waals surface area contributed by atoms with Gasteiger partial charge in [0.1, 0.15) is 16.6 Å². The monoisotopic (exact) mass is 471 g/mol. The molecular formula is C27H38ClN3O2. The molecular weight excluding hydrogens is 434 g/mol. The van der Waals surface area contributed by atoms with Crippen LogP contribution in [0.15, 0.2) is 52.2 Å². The van der Waals surface area contributed by atoms with E-state index in [1.165, 1.54) is 11.1 Å². The number of dihydropyridines is 1. The van der Waals surface area contributed by atoms with E-state index in [1.54, 1.807) is 7.11 Å². The first-order valence-electron chi connectivity index (χ1n) is 12.2. The average molecular weight is 472 g/mol. The van der Waals surface area contributed by atoms with Crippen molar-refractivity contribution in [3.63, 3.8) is 0 Å². The van der Waals surface area contributed by atoms with Crippen molar-refractivity contribution < 1.29 is 9.47 Å². The third-order valence-corrected chi connectivity index (χ3v) is 7.61. The first kappa shape index (κ1) is 24.3. The summed E-state index contributed by atoms with van der Waals surface area (Å²) < 4.78 is 11.3. The molecule has 2 fully saturated rings. The van der Waals surface area contributed by atoms with Crippen LogP contribution in [-0.2, 0) is 11.3 Å². The van der Waals surface area contributed by atoms with E-state index in [9.17, 15) is 0 Å². The summed E-state index contributed by atoms with van der Waals surface area (Å²) in [5.74, 6) is 1.75. The van der Waals surface area contributed by atoms with Crippen LogP contribution < -0.4 is 15.8 Å². The fourth-order valence-electron chi connectivity index (χ4n) is 5.36. The summed E-state index contributed by atoms with van der Waals surface area (Å²) in [7, 11) is 1.68. The van der Waals surface area contributed by atoms with Gasteiger partial charge in [0.15, 0.2) is 0 Å². The summed E-state index contributed by atoms with van der Waals surface area (Å²) in [6, 6.07) is 8.15. The molecule has 1 aliphatic carbocycles. The number of ether oxygens (including phenoxy) is 2. The molecule has 0 aromatic heterocycles. The molecule has 3 aliphatic rings. The lowest BCUT2D eigenvalue weighted by atomic mass is 9.87. The van der Waals surface area contributed by atoms with Crippen molar-refractivity contribution in [1.29, 1.82) is 0 Å². The molecule has 1 saturated carbocycles. The van der Waals surface area contributed by atoms with Gasteiger partial charge in [-0.25, -0.2) is 4.99 Å². The zero-order valence-corrected chi connectivity index (χ0v) is 21.3. The third kappa shape index (κ3) is 5.01. The molecule has 0 amide bonds. The fraction of sp³-hybridized carbons (Fsp3) is 0.593. The summed E-state index contributed by atoms with van der Waals surface area (Å²) in [6.45, 7) is 10.2. The number of hydrogen-bond donors (Lipinski definition) is 2. The number of benzene rings is 1. The van der Waals surface area contributed by atoms with Gasteiger partial charge in [-0.15, -0.1) is 0 Å². The van der Waals surface area contributed by atoms with E-state index in [0.29, 0.717) is 17.6 Å². The van der Waals surface area contributed by atoms with E-state index in [0.717, 1.165) is 49.3 Å². The SMILES string of the molecule is CCC/C=C(\CC1COC(C)(C)C1)C1=C(NCc2ccc(OC)cc2)C2C(C)C2(N)N=C1Cl. The average Bonchev–Trinajstić information content (AvgIpc) is 3.13. The number of nitrogens with one attached hydrogen (secondary N) is 1. The Morgan fingerprint density at radius 2 is 2.06 bits per heavy atom. The number of unbranched alkanes of at least 4 members (excludes halogenated alkanes) is 1. The van der Waals surface area contributed by atoms with Crippen LogP contribution >= 0.6 is 11.6 Å². The lowest BCUT2D eigenvalue weighted by molar-refractivity contribution is 0.0350. The molecule has 1 aromatic carbocycles. The lowest BCUT2D eigenvalue weighted by Crippen LogP contribution is -2.33. The van der Waals surface area contributed by atoms with Gasteiger partial charge in [-0.3, -0.25) is 0 Å². The Morgan fingerprint density at radius 3 is 2.67 bits per heavy atom. The van der Waals surface area contributed by atoms with Crippen LogP contribution in [0.3, 0.4) is 0 Å². The van der Waals surface area contributed by atoms with Gasteiger partial charge < -0.3 is 20.5 Å². The number of rotatable bonds is 9. The molecule has 4 rings (SSSR count). The molecule has 4 atom stereocenters. The summed E-state index contributed by atoms with van der Waals surface area (Å²) in [6.07, 6.45) is 6.45. The summed E-state index contributed by atoms with van der Waals surface area (Å²) in [5, 5.41) is 4.26. The number of nitrogens with two attached hydrogens (primary N) is 1. The number of aliphatic imine (C=N–C) groups is 1. The predicted octanol–water partition coefficient (Wildman–Crippen LogP) is 5.54. The number of fused-ring (bicyclic) bond motifs is 1. The van der Waals surface area contributed by atoms with Crippen molar-refractivity contribution in [3.05, 3.63) is 52.7 Å². The molecule has 180 valence electrons. The van der Waals surface area contributed by atoms with E-state index in [4.69, 9.17) is 31.8 Å². The van der Waals surface area contributed by atoms with Gasteiger partial charge in [0.2, 0.25) is 0 Å². The van der Waals surface area contributed by atoms with Crippen LogP contribution in [0.25, 0.3) is 0 Å². The normalized spacial score (nSPS) is 30.7. The van der Waals surface area contributed by atoms with Crippen molar-refractivity contribution in [2.75, 3.05) is 13.7 Å². The highest BCUT2D eigenvalue weighted by molar-refractivity contribution is 6.70. The van der Waals surface area contributed by atoms with Gasteiger partial charge in [-0.05, 0) is 62.3 Å². The van der Waals surface area contributed by atoms with E-state index in [-0.39, 0.29) is 17.4 Å². The minimum Gasteiger partial charge on any atom is -0.497 e. The largest absolute Gasteiger partial charge is 0.497 e. The van der Waals surface area contributed by atoms with E-state index in [1.807, 2.05) is 12.1 Å². The quantitative estimate of drug-likeness (QED) is 0.496. The summed E-state index contributed by atoms with van der Waals surface area (Å²) in [4.78, 5) is 4.78. The van der Waals surface area contributed by atoms with Gasteiger partial charge >= 0.3 is 0 Å². The Morgan fingerprint density at radius 1 is 1.33 bits per heavy atom. The lowest BCUT2D eigenvalue weighted by Gasteiger charge is -2.26. The maximum Gasteiger partial charge on any atom is 0.135 e. The van der Waals surface area contributed by atoms with Crippen LogP contribution in [0.4, 0.5) is 0 Å². The molecule has 1 aromatic rings. The van der Waals surface area contributed by atoms with E-state index < -0.39 is 5.66 Å². The highest BCUT2D eigenvalue weighted by atomic mass is 35.5. The Hall–Kier alpha value is -1.82. The maximum absolute atomic E-state index is 6.87. The standard InChI is InChI=1S/C27H38ClN3O2/c1-6-7-8-20(13-19-14-26(3,4)33-16-19)22-24(23-17(2)27(23,29)31-25(22)28)30-15-18-9-11-21(32-5)12-10-18/h8-12,17,19,23,30H,6-7,13-16,29H2,1-5H3/b20-8+. The minimum atomic E-state index is -0.600. The van der Waals surface area contributed by atoms with E-state index in [2.05, 4.69) is 51.2 Å². The molecule has 6 heteroatoms. The second-order valence-electron chi connectivity index (χ2n) is 10.4. The van der Waals surface area contributed by atoms with Gasteiger partial charge in [0.25, 0.3) is 0 Å². The molecule has 5 nitrogen and oxygen atoms in total. The van der Waals surface area contributed by atoms with Crippen LogP contribution in [0, 0.1) is 17.8 Å². The Kier molecular flexibility index (Phi) is 6.95. The van der Waals surface area contributed by atoms with Gasteiger partial charge in [0.05, 0.1) is 19.3 Å². The number of allylic oxidation sites excluding steroid dienone is 3. The Bertz CT molecular complexity index is 966. The zero-order valence-electron chi connectivity index (χ0n) is 20.6. The molecule has 3 N–H and O–H groups in total. The minimum absolute atomic E-state index is 0.0633. The number of nitrogens with zero attached hydrogens (tertiary/aromatic N) is 1. The van der Waals surface area contributed by atoms with Crippen molar-refractivity contribution in [1.82, 2.24) is 5.32 Å². The topological polar surface area (TPSA) is 68.9 Å². The van der Waals surface area contributed by atoms with Crippen LogP contribution in [0.2, 0.25) is 0 Å². The molecule has 2 aliphatic heterocycles. The summed E-state index contributed by atoms with van der Waals surface area (Å²) in [5.41, 5.74) is 10.6. The molecule has 2 heterocycles.